The van der Waals surface area contributed by atoms with Crippen LogP contribution in [0.2, 0.25) is 5.02 Å². The van der Waals surface area contributed by atoms with Crippen molar-refractivity contribution < 1.29 is 14.3 Å². The Hall–Kier alpha value is -3.38. The topological polar surface area (TPSA) is 71.5 Å². The van der Waals surface area contributed by atoms with Crippen molar-refractivity contribution >= 4 is 34.8 Å². The third-order valence-corrected chi connectivity index (χ3v) is 5.21. The summed E-state index contributed by atoms with van der Waals surface area (Å²) in [7, 11) is 0. The summed E-state index contributed by atoms with van der Waals surface area (Å²) in [5.74, 6) is -0.114. The number of rotatable bonds is 5. The van der Waals surface area contributed by atoms with Gasteiger partial charge in [0.2, 0.25) is 5.88 Å². The van der Waals surface area contributed by atoms with Gasteiger partial charge in [0, 0.05) is 29.7 Å². The maximum atomic E-state index is 12.9. The molecule has 0 atom stereocenters. The number of hydrogen-bond donors (Lipinski definition) is 1. The van der Waals surface area contributed by atoms with Gasteiger partial charge in [0.25, 0.3) is 11.8 Å². The zero-order chi connectivity index (χ0) is 22.0. The number of benzene rings is 2. The molecule has 0 unspecified atom stereocenters. The minimum absolute atomic E-state index is 0.0560. The molecule has 0 spiro atoms. The molecule has 0 aliphatic carbocycles. The molecule has 1 N–H and O–H groups in total. The van der Waals surface area contributed by atoms with Gasteiger partial charge >= 0.3 is 0 Å². The number of nitrogens with one attached hydrogen (secondary N) is 1. The smallest absolute Gasteiger partial charge is 0.258 e. The van der Waals surface area contributed by atoms with Crippen LogP contribution >= 0.6 is 11.6 Å². The number of hydrogen-bond acceptors (Lipinski definition) is 4. The molecule has 1 aliphatic heterocycles. The maximum absolute atomic E-state index is 12.9. The molecule has 0 saturated heterocycles. The summed E-state index contributed by atoms with van der Waals surface area (Å²) in [5.41, 5.74) is 3.59. The average Bonchev–Trinajstić information content (AvgIpc) is 3.19. The van der Waals surface area contributed by atoms with Crippen molar-refractivity contribution in [2.24, 2.45) is 0 Å². The number of pyridine rings is 1. The van der Waals surface area contributed by atoms with Crippen molar-refractivity contribution in [3.05, 3.63) is 82.5 Å². The number of amides is 2. The van der Waals surface area contributed by atoms with Crippen molar-refractivity contribution in [1.82, 2.24) is 4.98 Å². The number of fused-ring (bicyclic) bond motifs is 1. The highest BCUT2D eigenvalue weighted by atomic mass is 35.5. The molecule has 0 saturated carbocycles. The van der Waals surface area contributed by atoms with E-state index in [1.807, 2.05) is 38.1 Å². The number of carbonyl (C=O) groups excluding carboxylic acids is 2. The van der Waals surface area contributed by atoms with Crippen molar-refractivity contribution in [2.75, 3.05) is 16.8 Å². The maximum Gasteiger partial charge on any atom is 0.258 e. The highest BCUT2D eigenvalue weighted by molar-refractivity contribution is 6.32. The van der Waals surface area contributed by atoms with Gasteiger partial charge in [0.1, 0.15) is 5.02 Å². The average molecular weight is 436 g/mol. The first kappa shape index (κ1) is 20.9. The summed E-state index contributed by atoms with van der Waals surface area (Å²) in [6.45, 7) is 4.41. The molecule has 4 rings (SSSR count). The van der Waals surface area contributed by atoms with E-state index in [1.54, 1.807) is 29.2 Å². The number of carbonyl (C=O) groups is 2. The van der Waals surface area contributed by atoms with Crippen LogP contribution in [-0.2, 0) is 6.42 Å². The molecule has 31 heavy (non-hydrogen) atoms. The highest BCUT2D eigenvalue weighted by Crippen LogP contribution is 2.29. The van der Waals surface area contributed by atoms with Crippen LogP contribution in [0.4, 0.5) is 11.4 Å². The molecule has 158 valence electrons. The Morgan fingerprint density at radius 3 is 2.55 bits per heavy atom. The van der Waals surface area contributed by atoms with Gasteiger partial charge in [-0.1, -0.05) is 29.8 Å². The second-order valence-electron chi connectivity index (χ2n) is 7.54. The SMILES string of the molecule is CC(C)Oc1ncc(C(=O)Nc2ccc(C(=O)N3CCc4ccccc43)cc2)cc1Cl. The largest absolute Gasteiger partial charge is 0.474 e. The van der Waals surface area contributed by atoms with Crippen LogP contribution in [0.25, 0.3) is 0 Å². The Labute approximate surface area is 185 Å². The van der Waals surface area contributed by atoms with Gasteiger partial charge in [0.15, 0.2) is 0 Å². The number of nitrogens with zero attached hydrogens (tertiary/aromatic N) is 2. The molecule has 2 amide bonds. The van der Waals surface area contributed by atoms with E-state index in [9.17, 15) is 9.59 Å². The van der Waals surface area contributed by atoms with Crippen LogP contribution < -0.4 is 15.0 Å². The predicted octanol–water partition coefficient (Wildman–Crippen LogP) is 4.98. The monoisotopic (exact) mass is 435 g/mol. The molecule has 3 aromatic rings. The lowest BCUT2D eigenvalue weighted by atomic mass is 10.1. The zero-order valence-electron chi connectivity index (χ0n) is 17.3. The van der Waals surface area contributed by atoms with Crippen molar-refractivity contribution in [2.45, 2.75) is 26.4 Å². The molecule has 0 fully saturated rings. The Bertz CT molecular complexity index is 1130. The first-order chi connectivity index (χ1) is 14.9. The predicted molar refractivity (Wildman–Crippen MR) is 121 cm³/mol. The molecule has 7 heteroatoms. The Balaban J connectivity index is 1.44. The fourth-order valence-electron chi connectivity index (χ4n) is 3.46. The quantitative estimate of drug-likeness (QED) is 0.613. The minimum Gasteiger partial charge on any atom is -0.474 e. The lowest BCUT2D eigenvalue weighted by molar-refractivity contribution is 0.0988. The van der Waals surface area contributed by atoms with Gasteiger partial charge in [-0.3, -0.25) is 9.59 Å². The lowest BCUT2D eigenvalue weighted by Gasteiger charge is -2.17. The van der Waals surface area contributed by atoms with Gasteiger partial charge in [-0.05, 0) is 62.2 Å². The molecule has 2 aromatic carbocycles. The fraction of sp³-hybridized carbons (Fsp3) is 0.208. The Morgan fingerprint density at radius 1 is 1.10 bits per heavy atom. The van der Waals surface area contributed by atoms with Crippen molar-refractivity contribution in [3.63, 3.8) is 0 Å². The summed E-state index contributed by atoms with van der Waals surface area (Å²) in [4.78, 5) is 31.4. The highest BCUT2D eigenvalue weighted by Gasteiger charge is 2.25. The first-order valence-electron chi connectivity index (χ1n) is 10.1. The van der Waals surface area contributed by atoms with Gasteiger partial charge in [0.05, 0.1) is 11.7 Å². The molecular formula is C24H22ClN3O3. The van der Waals surface area contributed by atoms with Crippen LogP contribution in [0.3, 0.4) is 0 Å². The third-order valence-electron chi connectivity index (χ3n) is 4.94. The number of ether oxygens (including phenoxy) is 1. The van der Waals surface area contributed by atoms with Crippen molar-refractivity contribution in [1.29, 1.82) is 0 Å². The van der Waals surface area contributed by atoms with E-state index in [0.29, 0.717) is 29.2 Å². The third kappa shape index (κ3) is 4.54. The van der Waals surface area contributed by atoms with E-state index in [2.05, 4.69) is 10.3 Å². The molecule has 0 bridgehead atoms. The van der Waals surface area contributed by atoms with Gasteiger partial charge < -0.3 is 15.0 Å². The second kappa shape index (κ2) is 8.78. The number of para-hydroxylation sites is 1. The van der Waals surface area contributed by atoms with Crippen LogP contribution in [-0.4, -0.2) is 29.4 Å². The summed E-state index contributed by atoms with van der Waals surface area (Å²) in [6, 6.07) is 16.3. The van der Waals surface area contributed by atoms with Gasteiger partial charge in [-0.15, -0.1) is 0 Å². The molecule has 6 nitrogen and oxygen atoms in total. The number of anilines is 2. The summed E-state index contributed by atoms with van der Waals surface area (Å²) >= 11 is 6.16. The molecular weight excluding hydrogens is 414 g/mol. The summed E-state index contributed by atoms with van der Waals surface area (Å²) < 4.78 is 5.49. The zero-order valence-corrected chi connectivity index (χ0v) is 18.0. The summed E-state index contributed by atoms with van der Waals surface area (Å²) in [6.07, 6.45) is 2.20. The van der Waals surface area contributed by atoms with E-state index in [0.717, 1.165) is 12.1 Å². The molecule has 1 aromatic heterocycles. The number of aromatic nitrogens is 1. The standard InChI is InChI=1S/C24H22ClN3O3/c1-15(2)31-23-20(25)13-18(14-26-23)22(29)27-19-9-7-17(8-10-19)24(30)28-12-11-16-5-3-4-6-21(16)28/h3-10,13-15H,11-12H2,1-2H3,(H,27,29). The van der Waals surface area contributed by atoms with Crippen LogP contribution in [0, 0.1) is 0 Å². The molecule has 2 heterocycles. The van der Waals surface area contributed by atoms with E-state index in [1.165, 1.54) is 17.8 Å². The number of halogens is 1. The normalized spacial score (nSPS) is 12.6. The Kier molecular flexibility index (Phi) is 5.91. The van der Waals surface area contributed by atoms with Crippen LogP contribution in [0.15, 0.2) is 60.8 Å². The minimum atomic E-state index is -0.349. The second-order valence-corrected chi connectivity index (χ2v) is 7.95. The Morgan fingerprint density at radius 2 is 1.84 bits per heavy atom. The fourth-order valence-corrected chi connectivity index (χ4v) is 3.67. The van der Waals surface area contributed by atoms with Gasteiger partial charge in [-0.25, -0.2) is 4.98 Å². The van der Waals surface area contributed by atoms with Crippen LogP contribution in [0.5, 0.6) is 5.88 Å². The van der Waals surface area contributed by atoms with E-state index < -0.39 is 0 Å². The van der Waals surface area contributed by atoms with Crippen LogP contribution in [0.1, 0.15) is 40.1 Å². The van der Waals surface area contributed by atoms with E-state index in [4.69, 9.17) is 16.3 Å². The van der Waals surface area contributed by atoms with E-state index >= 15 is 0 Å². The first-order valence-corrected chi connectivity index (χ1v) is 10.4. The molecule has 0 radical (unpaired) electrons. The van der Waals surface area contributed by atoms with Crippen molar-refractivity contribution in [3.8, 4) is 5.88 Å². The summed E-state index contributed by atoms with van der Waals surface area (Å²) in [5, 5.41) is 3.07. The molecule has 1 aliphatic rings. The van der Waals surface area contributed by atoms with E-state index in [-0.39, 0.29) is 22.9 Å². The lowest BCUT2D eigenvalue weighted by Crippen LogP contribution is -2.28. The van der Waals surface area contributed by atoms with Gasteiger partial charge in [-0.2, -0.15) is 0 Å².